The number of aromatic nitrogens is 2. The second kappa shape index (κ2) is 10.3. The molecule has 0 spiro atoms. The number of aryl methyl sites for hydroxylation is 2. The van der Waals surface area contributed by atoms with E-state index in [4.69, 9.17) is 16.6 Å². The van der Waals surface area contributed by atoms with Crippen molar-refractivity contribution >= 4 is 57.0 Å². The number of thioether (sulfide) groups is 1. The highest BCUT2D eigenvalue weighted by molar-refractivity contribution is 7.99. The summed E-state index contributed by atoms with van der Waals surface area (Å²) in [5, 5.41) is 24.5. The van der Waals surface area contributed by atoms with Gasteiger partial charge in [-0.2, -0.15) is 5.10 Å². The summed E-state index contributed by atoms with van der Waals surface area (Å²) in [6.45, 7) is 0. The van der Waals surface area contributed by atoms with Gasteiger partial charge in [0, 0.05) is 9.90 Å². The summed E-state index contributed by atoms with van der Waals surface area (Å²) in [7, 11) is 0. The second-order valence-corrected chi connectivity index (χ2v) is 10.7. The first-order chi connectivity index (χ1) is 17.4. The third-order valence-electron chi connectivity index (χ3n) is 5.78. The van der Waals surface area contributed by atoms with Crippen LogP contribution in [0.25, 0.3) is 15.9 Å². The Hall–Kier alpha value is -3.34. The zero-order chi connectivity index (χ0) is 25.2. The van der Waals surface area contributed by atoms with Crippen LogP contribution in [-0.4, -0.2) is 37.6 Å². The summed E-state index contributed by atoms with van der Waals surface area (Å²) in [4.78, 5) is 32.9. The van der Waals surface area contributed by atoms with Crippen molar-refractivity contribution in [1.82, 2.24) is 15.0 Å². The topological polar surface area (TPSA) is 117 Å². The number of amides is 1. The first kappa shape index (κ1) is 24.4. The molecule has 0 unspecified atom stereocenters. The standard InChI is InChI=1S/C25H21ClN4O4S2/c26-15-6-8-16(9-7-15)30-24(34)22-17-3-1-2-4-20(17)36-23(22)28-25(30)35-13-21(33)29-27-12-14-5-10-18(31)19(32)11-14/h5-12,31-32H,1-4,13H2,(H,29,33). The largest absolute Gasteiger partial charge is 0.504 e. The Morgan fingerprint density at radius 2 is 1.94 bits per heavy atom. The van der Waals surface area contributed by atoms with Crippen molar-refractivity contribution in [1.29, 1.82) is 0 Å². The minimum absolute atomic E-state index is 0.0191. The molecular weight excluding hydrogens is 520 g/mol. The van der Waals surface area contributed by atoms with Crippen LogP contribution in [0.1, 0.15) is 28.8 Å². The molecule has 4 aromatic rings. The molecule has 2 aromatic heterocycles. The predicted molar refractivity (Wildman–Crippen MR) is 143 cm³/mol. The number of hydrogen-bond donors (Lipinski definition) is 3. The van der Waals surface area contributed by atoms with E-state index < -0.39 is 0 Å². The molecule has 36 heavy (non-hydrogen) atoms. The Kier molecular flexibility index (Phi) is 6.99. The first-order valence-corrected chi connectivity index (χ1v) is 13.4. The third kappa shape index (κ3) is 4.97. The number of carbonyl (C=O) groups is 1. The molecule has 0 aliphatic heterocycles. The number of phenolic OH excluding ortho intramolecular Hbond substituents is 2. The van der Waals surface area contributed by atoms with Crippen LogP contribution in [0.5, 0.6) is 11.5 Å². The second-order valence-electron chi connectivity index (χ2n) is 8.23. The molecule has 11 heteroatoms. The number of hydrazone groups is 1. The highest BCUT2D eigenvalue weighted by atomic mass is 35.5. The van der Waals surface area contributed by atoms with Crippen molar-refractivity contribution in [2.75, 3.05) is 5.75 Å². The summed E-state index contributed by atoms with van der Waals surface area (Å²) in [6.07, 6.45) is 5.35. The highest BCUT2D eigenvalue weighted by Gasteiger charge is 2.23. The monoisotopic (exact) mass is 540 g/mol. The molecule has 0 bridgehead atoms. The fraction of sp³-hybridized carbons (Fsp3) is 0.200. The molecule has 1 aliphatic carbocycles. The quantitative estimate of drug-likeness (QED) is 0.108. The number of thiophene rings is 1. The van der Waals surface area contributed by atoms with E-state index in [1.54, 1.807) is 46.2 Å². The number of aromatic hydroxyl groups is 2. The number of halogens is 1. The van der Waals surface area contributed by atoms with E-state index in [1.807, 2.05) is 0 Å². The first-order valence-electron chi connectivity index (χ1n) is 11.2. The van der Waals surface area contributed by atoms with Crippen LogP contribution < -0.4 is 11.0 Å². The van der Waals surface area contributed by atoms with Gasteiger partial charge in [-0.05, 0) is 79.3 Å². The maximum atomic E-state index is 13.7. The van der Waals surface area contributed by atoms with Crippen LogP contribution in [0.2, 0.25) is 5.02 Å². The zero-order valence-electron chi connectivity index (χ0n) is 18.9. The molecule has 0 fully saturated rings. The minimum Gasteiger partial charge on any atom is -0.504 e. The van der Waals surface area contributed by atoms with E-state index in [-0.39, 0.29) is 28.7 Å². The summed E-state index contributed by atoms with van der Waals surface area (Å²) in [5.74, 6) is -0.927. The normalized spacial score (nSPS) is 13.2. The molecule has 1 aliphatic rings. The van der Waals surface area contributed by atoms with E-state index in [0.717, 1.165) is 43.0 Å². The van der Waals surface area contributed by atoms with E-state index in [1.165, 1.54) is 23.2 Å². The van der Waals surface area contributed by atoms with Crippen molar-refractivity contribution in [3.8, 4) is 17.2 Å². The van der Waals surface area contributed by atoms with Gasteiger partial charge in [-0.1, -0.05) is 23.4 Å². The number of hydrogen-bond acceptors (Lipinski definition) is 8. The fourth-order valence-electron chi connectivity index (χ4n) is 4.06. The Balaban J connectivity index is 1.41. The molecule has 1 amide bonds. The van der Waals surface area contributed by atoms with E-state index in [2.05, 4.69) is 10.5 Å². The number of nitrogens with one attached hydrogen (secondary N) is 1. The molecule has 2 aromatic carbocycles. The number of phenols is 2. The maximum absolute atomic E-state index is 13.7. The lowest BCUT2D eigenvalue weighted by molar-refractivity contribution is -0.118. The Morgan fingerprint density at radius 3 is 2.72 bits per heavy atom. The van der Waals surface area contributed by atoms with Gasteiger partial charge in [-0.3, -0.25) is 14.2 Å². The van der Waals surface area contributed by atoms with Crippen molar-refractivity contribution in [2.45, 2.75) is 30.8 Å². The van der Waals surface area contributed by atoms with Gasteiger partial charge < -0.3 is 10.2 Å². The molecule has 3 N–H and O–H groups in total. The van der Waals surface area contributed by atoms with Crippen LogP contribution in [0.4, 0.5) is 0 Å². The minimum atomic E-state index is -0.387. The molecular formula is C25H21ClN4O4S2. The number of nitrogens with zero attached hydrogens (tertiary/aromatic N) is 3. The van der Waals surface area contributed by atoms with Gasteiger partial charge >= 0.3 is 0 Å². The van der Waals surface area contributed by atoms with Gasteiger partial charge in [-0.25, -0.2) is 10.4 Å². The molecule has 0 radical (unpaired) electrons. The lowest BCUT2D eigenvalue weighted by Crippen LogP contribution is -2.24. The summed E-state index contributed by atoms with van der Waals surface area (Å²) >= 11 is 8.77. The van der Waals surface area contributed by atoms with Gasteiger partial charge in [0.05, 0.1) is 23.0 Å². The average molecular weight is 541 g/mol. The van der Waals surface area contributed by atoms with Crippen LogP contribution >= 0.6 is 34.7 Å². The number of fused-ring (bicyclic) bond motifs is 3. The fourth-order valence-corrected chi connectivity index (χ4v) is 6.30. The van der Waals surface area contributed by atoms with Crippen LogP contribution in [0.15, 0.2) is 57.5 Å². The SMILES string of the molecule is O=C(CSc1nc2sc3c(c2c(=O)n1-c1ccc(Cl)cc1)CCCC3)NN=Cc1ccc(O)c(O)c1. The van der Waals surface area contributed by atoms with Crippen molar-refractivity contribution in [3.05, 3.63) is 73.8 Å². The Labute approximate surface area is 219 Å². The summed E-state index contributed by atoms with van der Waals surface area (Å²) in [6, 6.07) is 11.2. The van der Waals surface area contributed by atoms with Crippen LogP contribution in [0, 0.1) is 0 Å². The average Bonchev–Trinajstić information content (AvgIpc) is 3.24. The van der Waals surface area contributed by atoms with Gasteiger partial charge in [-0.15, -0.1) is 11.3 Å². The van der Waals surface area contributed by atoms with Gasteiger partial charge in [0.25, 0.3) is 11.5 Å². The highest BCUT2D eigenvalue weighted by Crippen LogP contribution is 2.35. The molecule has 2 heterocycles. The molecule has 184 valence electrons. The van der Waals surface area contributed by atoms with Crippen LogP contribution in [-0.2, 0) is 17.6 Å². The predicted octanol–water partition coefficient (Wildman–Crippen LogP) is 4.63. The smallest absolute Gasteiger partial charge is 0.267 e. The number of carbonyl (C=O) groups excluding carboxylic acids is 1. The van der Waals surface area contributed by atoms with Crippen molar-refractivity contribution in [3.63, 3.8) is 0 Å². The zero-order valence-corrected chi connectivity index (χ0v) is 21.3. The van der Waals surface area contributed by atoms with Crippen molar-refractivity contribution in [2.24, 2.45) is 5.10 Å². The molecule has 8 nitrogen and oxygen atoms in total. The van der Waals surface area contributed by atoms with Gasteiger partial charge in [0.15, 0.2) is 16.7 Å². The molecule has 0 saturated carbocycles. The molecule has 0 atom stereocenters. The maximum Gasteiger partial charge on any atom is 0.267 e. The Bertz CT molecular complexity index is 1550. The third-order valence-corrected chi connectivity index (χ3v) is 8.15. The van der Waals surface area contributed by atoms with Gasteiger partial charge in [0.2, 0.25) is 0 Å². The van der Waals surface area contributed by atoms with E-state index in [9.17, 15) is 19.8 Å². The Morgan fingerprint density at radius 1 is 1.17 bits per heavy atom. The number of benzene rings is 2. The summed E-state index contributed by atoms with van der Waals surface area (Å²) < 4.78 is 1.54. The number of rotatable bonds is 6. The van der Waals surface area contributed by atoms with Gasteiger partial charge in [0.1, 0.15) is 4.83 Å². The van der Waals surface area contributed by atoms with Crippen LogP contribution in [0.3, 0.4) is 0 Å². The summed E-state index contributed by atoms with van der Waals surface area (Å²) in [5.41, 5.74) is 4.52. The van der Waals surface area contributed by atoms with Crippen molar-refractivity contribution < 1.29 is 15.0 Å². The van der Waals surface area contributed by atoms with E-state index in [0.29, 0.717) is 31.6 Å². The molecule has 0 saturated heterocycles. The lowest BCUT2D eigenvalue weighted by atomic mass is 9.97. The van der Waals surface area contributed by atoms with E-state index >= 15 is 0 Å². The lowest BCUT2D eigenvalue weighted by Gasteiger charge is -2.13. The molecule has 5 rings (SSSR count).